The molecule has 0 bridgehead atoms. The van der Waals surface area contributed by atoms with Crippen LogP contribution in [-0.2, 0) is 20.0 Å². The van der Waals surface area contributed by atoms with Crippen LogP contribution in [0, 0.1) is 5.92 Å². The Labute approximate surface area is 130 Å². The molecule has 0 saturated heterocycles. The van der Waals surface area contributed by atoms with Crippen LogP contribution in [0.3, 0.4) is 0 Å². The van der Waals surface area contributed by atoms with Crippen LogP contribution in [0.1, 0.15) is 25.1 Å². The van der Waals surface area contributed by atoms with E-state index < -0.39 is 0 Å². The first-order valence-corrected chi connectivity index (χ1v) is 7.64. The van der Waals surface area contributed by atoms with Crippen molar-refractivity contribution in [3.8, 4) is 0 Å². The number of hydrogen-bond acceptors (Lipinski definition) is 2. The summed E-state index contributed by atoms with van der Waals surface area (Å²) in [6, 6.07) is 10.3. The number of aromatic nitrogens is 3. The van der Waals surface area contributed by atoms with Crippen molar-refractivity contribution >= 4 is 10.8 Å². The fourth-order valence-electron chi connectivity index (χ4n) is 2.79. The van der Waals surface area contributed by atoms with E-state index in [2.05, 4.69) is 41.8 Å². The van der Waals surface area contributed by atoms with Gasteiger partial charge in [0.25, 0.3) is 5.56 Å². The first-order valence-electron chi connectivity index (χ1n) is 7.64. The lowest BCUT2D eigenvalue weighted by atomic mass is 10.1. The first kappa shape index (κ1) is 14.6. The highest BCUT2D eigenvalue weighted by Crippen LogP contribution is 2.18. The molecule has 0 spiro atoms. The summed E-state index contributed by atoms with van der Waals surface area (Å²) in [5.74, 6) is 0.505. The molecule has 0 atom stereocenters. The molecule has 22 heavy (non-hydrogen) atoms. The van der Waals surface area contributed by atoms with E-state index in [0.29, 0.717) is 5.92 Å². The highest BCUT2D eigenvalue weighted by atomic mass is 16.1. The highest BCUT2D eigenvalue weighted by molar-refractivity contribution is 5.83. The van der Waals surface area contributed by atoms with Crippen LogP contribution in [0.4, 0.5) is 0 Å². The molecule has 0 aliphatic rings. The average Bonchev–Trinajstić information content (AvgIpc) is 2.89. The maximum absolute atomic E-state index is 12.3. The molecule has 0 saturated carbocycles. The smallest absolute Gasteiger partial charge is 0.275 e. The van der Waals surface area contributed by atoms with E-state index in [9.17, 15) is 4.79 Å². The fraction of sp³-hybridized carbons (Fsp3) is 0.333. The van der Waals surface area contributed by atoms with Crippen molar-refractivity contribution in [1.29, 1.82) is 0 Å². The first-order chi connectivity index (χ1) is 10.5. The molecule has 0 aliphatic heterocycles. The predicted octanol–water partition coefficient (Wildman–Crippen LogP) is 2.98. The number of hydrogen-bond donors (Lipinski definition) is 0. The van der Waals surface area contributed by atoms with E-state index in [1.807, 2.05) is 24.4 Å². The third-order valence-electron chi connectivity index (χ3n) is 3.80. The van der Waals surface area contributed by atoms with Gasteiger partial charge in [0.15, 0.2) is 0 Å². The van der Waals surface area contributed by atoms with Gasteiger partial charge in [-0.05, 0) is 17.9 Å². The Kier molecular flexibility index (Phi) is 3.84. The highest BCUT2D eigenvalue weighted by Gasteiger charge is 2.12. The molecule has 0 N–H and O–H groups in total. The molecule has 2 heterocycles. The summed E-state index contributed by atoms with van der Waals surface area (Å²) in [5.41, 5.74) is 2.19. The van der Waals surface area contributed by atoms with Crippen molar-refractivity contribution in [3.63, 3.8) is 0 Å². The Morgan fingerprint density at radius 2 is 1.77 bits per heavy atom. The standard InChI is InChI=1S/C18H21N3O/c1-13(2)9-17-15-11-21(10-14-7-5-4-6-8-14)12-16(15)18(22)20(3)19-17/h4-8,11-13H,9-10H2,1-3H3. The second-order valence-electron chi connectivity index (χ2n) is 6.22. The maximum atomic E-state index is 12.3. The minimum absolute atomic E-state index is 0.0330. The van der Waals surface area contributed by atoms with Crippen molar-refractivity contribution in [2.75, 3.05) is 0 Å². The van der Waals surface area contributed by atoms with Crippen LogP contribution in [0.15, 0.2) is 47.5 Å². The summed E-state index contributed by atoms with van der Waals surface area (Å²) in [7, 11) is 1.72. The van der Waals surface area contributed by atoms with Gasteiger partial charge in [-0.2, -0.15) is 5.10 Å². The van der Waals surface area contributed by atoms with E-state index in [1.165, 1.54) is 10.2 Å². The van der Waals surface area contributed by atoms with Crippen LogP contribution in [0.2, 0.25) is 0 Å². The van der Waals surface area contributed by atoms with E-state index in [1.54, 1.807) is 7.05 Å². The zero-order chi connectivity index (χ0) is 15.7. The molecule has 1 aromatic carbocycles. The number of benzene rings is 1. The van der Waals surface area contributed by atoms with Gasteiger partial charge < -0.3 is 4.57 Å². The van der Waals surface area contributed by atoms with Gasteiger partial charge in [-0.25, -0.2) is 4.68 Å². The van der Waals surface area contributed by atoms with Gasteiger partial charge in [0.1, 0.15) is 0 Å². The van der Waals surface area contributed by atoms with Gasteiger partial charge in [0.2, 0.25) is 0 Å². The molecule has 114 valence electrons. The maximum Gasteiger partial charge on any atom is 0.275 e. The molecule has 4 nitrogen and oxygen atoms in total. The predicted molar refractivity (Wildman–Crippen MR) is 89.1 cm³/mol. The van der Waals surface area contributed by atoms with Crippen molar-refractivity contribution in [2.24, 2.45) is 13.0 Å². The van der Waals surface area contributed by atoms with Crippen LogP contribution in [0.25, 0.3) is 10.8 Å². The summed E-state index contributed by atoms with van der Waals surface area (Å²) in [4.78, 5) is 12.3. The fourth-order valence-corrected chi connectivity index (χ4v) is 2.79. The largest absolute Gasteiger partial charge is 0.348 e. The van der Waals surface area contributed by atoms with Crippen LogP contribution >= 0.6 is 0 Å². The Hall–Kier alpha value is -2.36. The summed E-state index contributed by atoms with van der Waals surface area (Å²) in [6.45, 7) is 5.10. The number of nitrogens with zero attached hydrogens (tertiary/aromatic N) is 3. The zero-order valence-electron chi connectivity index (χ0n) is 13.3. The minimum atomic E-state index is -0.0330. The molecule has 0 unspecified atom stereocenters. The molecular weight excluding hydrogens is 274 g/mol. The zero-order valence-corrected chi connectivity index (χ0v) is 13.3. The quantitative estimate of drug-likeness (QED) is 0.742. The topological polar surface area (TPSA) is 39.8 Å². The van der Waals surface area contributed by atoms with Crippen molar-refractivity contribution < 1.29 is 0 Å². The molecule has 0 radical (unpaired) electrons. The summed E-state index contributed by atoms with van der Waals surface area (Å²) >= 11 is 0. The molecule has 2 aromatic heterocycles. The second-order valence-corrected chi connectivity index (χ2v) is 6.22. The average molecular weight is 295 g/mol. The summed E-state index contributed by atoms with van der Waals surface area (Å²) in [6.07, 6.45) is 4.87. The molecule has 4 heteroatoms. The molecule has 3 rings (SSSR count). The number of rotatable bonds is 4. The molecule has 0 amide bonds. The van der Waals surface area contributed by atoms with E-state index in [0.717, 1.165) is 29.4 Å². The Bertz CT molecular complexity index is 844. The van der Waals surface area contributed by atoms with Gasteiger partial charge >= 0.3 is 0 Å². The van der Waals surface area contributed by atoms with Gasteiger partial charge in [-0.1, -0.05) is 44.2 Å². The van der Waals surface area contributed by atoms with Gasteiger partial charge in [-0.15, -0.1) is 0 Å². The summed E-state index contributed by atoms with van der Waals surface area (Å²) in [5, 5.41) is 6.19. The van der Waals surface area contributed by atoms with E-state index in [4.69, 9.17) is 0 Å². The van der Waals surface area contributed by atoms with Crippen LogP contribution in [-0.4, -0.2) is 14.3 Å². The number of fused-ring (bicyclic) bond motifs is 1. The monoisotopic (exact) mass is 295 g/mol. The van der Waals surface area contributed by atoms with Crippen molar-refractivity contribution in [2.45, 2.75) is 26.8 Å². The van der Waals surface area contributed by atoms with Crippen molar-refractivity contribution in [1.82, 2.24) is 14.3 Å². The van der Waals surface area contributed by atoms with E-state index in [-0.39, 0.29) is 5.56 Å². The molecule has 0 aliphatic carbocycles. The lowest BCUT2D eigenvalue weighted by Crippen LogP contribution is -2.21. The van der Waals surface area contributed by atoms with E-state index >= 15 is 0 Å². The molecule has 0 fully saturated rings. The van der Waals surface area contributed by atoms with Crippen LogP contribution in [0.5, 0.6) is 0 Å². The SMILES string of the molecule is CC(C)Cc1nn(C)c(=O)c2cn(Cc3ccccc3)cc12. The third kappa shape index (κ3) is 2.82. The summed E-state index contributed by atoms with van der Waals surface area (Å²) < 4.78 is 3.53. The lowest BCUT2D eigenvalue weighted by Gasteiger charge is -2.07. The van der Waals surface area contributed by atoms with Gasteiger partial charge in [-0.3, -0.25) is 4.79 Å². The molecular formula is C18H21N3O. The number of aryl methyl sites for hydroxylation is 1. The van der Waals surface area contributed by atoms with Gasteiger partial charge in [0, 0.05) is 31.4 Å². The van der Waals surface area contributed by atoms with Gasteiger partial charge in [0.05, 0.1) is 11.1 Å². The second kappa shape index (κ2) is 5.79. The normalized spacial score (nSPS) is 11.5. The Morgan fingerprint density at radius 1 is 1.09 bits per heavy atom. The Morgan fingerprint density at radius 3 is 2.45 bits per heavy atom. The third-order valence-corrected chi connectivity index (χ3v) is 3.80. The molecule has 3 aromatic rings. The lowest BCUT2D eigenvalue weighted by molar-refractivity contribution is 0.605. The Balaban J connectivity index is 2.08. The minimum Gasteiger partial charge on any atom is -0.348 e. The van der Waals surface area contributed by atoms with Crippen LogP contribution < -0.4 is 5.56 Å². The van der Waals surface area contributed by atoms with Crippen molar-refractivity contribution in [3.05, 3.63) is 64.3 Å².